The molecular weight excluding hydrogens is 382 g/mol. The van der Waals surface area contributed by atoms with E-state index in [-0.39, 0.29) is 19.0 Å². The van der Waals surface area contributed by atoms with E-state index in [0.29, 0.717) is 21.7 Å². The van der Waals surface area contributed by atoms with Crippen molar-refractivity contribution < 1.29 is 19.2 Å². The molecule has 2 N–H and O–H groups in total. The fourth-order valence-electron chi connectivity index (χ4n) is 2.92. The second-order valence-corrected chi connectivity index (χ2v) is 6.70. The third-order valence-corrected chi connectivity index (χ3v) is 4.62. The molecule has 1 atom stereocenters. The van der Waals surface area contributed by atoms with Crippen molar-refractivity contribution in [2.75, 3.05) is 13.1 Å². The molecule has 1 heterocycles. The molecule has 1 unspecified atom stereocenters. The zero-order chi connectivity index (χ0) is 20.3. The van der Waals surface area contributed by atoms with E-state index in [9.17, 15) is 19.2 Å². The molecule has 0 spiro atoms. The largest absolute Gasteiger partial charge is 0.353 e. The predicted molar refractivity (Wildman–Crippen MR) is 103 cm³/mol. The van der Waals surface area contributed by atoms with Crippen LogP contribution in [-0.2, 0) is 4.79 Å². The normalized spacial score (nSPS) is 13.9. The first-order chi connectivity index (χ1) is 13.4. The van der Waals surface area contributed by atoms with Crippen molar-refractivity contribution in [2.45, 2.75) is 13.0 Å². The van der Waals surface area contributed by atoms with Gasteiger partial charge >= 0.3 is 0 Å². The highest BCUT2D eigenvalue weighted by Crippen LogP contribution is 2.24. The van der Waals surface area contributed by atoms with Crippen molar-refractivity contribution in [1.82, 2.24) is 15.5 Å². The highest BCUT2D eigenvalue weighted by Gasteiger charge is 2.40. The molecule has 2 aromatic carbocycles. The zero-order valence-electron chi connectivity index (χ0n) is 15.1. The van der Waals surface area contributed by atoms with Crippen molar-refractivity contribution in [3.8, 4) is 0 Å². The number of halogens is 1. The summed E-state index contributed by atoms with van der Waals surface area (Å²) in [7, 11) is 0. The number of nitrogens with one attached hydrogen (secondary N) is 2. The monoisotopic (exact) mass is 399 g/mol. The second kappa shape index (κ2) is 8.22. The maximum atomic E-state index is 12.4. The molecule has 3 rings (SSSR count). The fraction of sp³-hybridized carbons (Fsp3) is 0.200. The summed E-state index contributed by atoms with van der Waals surface area (Å²) in [6.45, 7) is 1.83. The number of benzene rings is 2. The van der Waals surface area contributed by atoms with Gasteiger partial charge in [0, 0.05) is 23.7 Å². The Kier molecular flexibility index (Phi) is 5.75. The summed E-state index contributed by atoms with van der Waals surface area (Å²) in [5.74, 6) is -1.77. The SMILES string of the molecule is CC(C(=O)NCCNC(=O)c1cccc(Cl)c1)N1C(=O)c2ccccc2C1=O. The van der Waals surface area contributed by atoms with Gasteiger partial charge in [0.2, 0.25) is 5.91 Å². The van der Waals surface area contributed by atoms with Gasteiger partial charge in [0.25, 0.3) is 17.7 Å². The Morgan fingerprint density at radius 3 is 2.18 bits per heavy atom. The lowest BCUT2D eigenvalue weighted by atomic mass is 10.1. The Hall–Kier alpha value is -3.19. The number of fused-ring (bicyclic) bond motifs is 1. The molecule has 0 bridgehead atoms. The highest BCUT2D eigenvalue weighted by atomic mass is 35.5. The van der Waals surface area contributed by atoms with E-state index in [4.69, 9.17) is 11.6 Å². The van der Waals surface area contributed by atoms with Gasteiger partial charge in [-0.3, -0.25) is 24.1 Å². The fourth-order valence-corrected chi connectivity index (χ4v) is 3.11. The van der Waals surface area contributed by atoms with Gasteiger partial charge in [0.15, 0.2) is 0 Å². The van der Waals surface area contributed by atoms with E-state index in [1.54, 1.807) is 48.5 Å². The lowest BCUT2D eigenvalue weighted by Crippen LogP contribution is -2.49. The molecule has 1 aliphatic heterocycles. The number of hydrogen-bond acceptors (Lipinski definition) is 4. The van der Waals surface area contributed by atoms with Gasteiger partial charge in [-0.25, -0.2) is 0 Å². The van der Waals surface area contributed by atoms with Gasteiger partial charge in [0.1, 0.15) is 6.04 Å². The van der Waals surface area contributed by atoms with Crippen LogP contribution in [-0.4, -0.2) is 47.7 Å². The molecule has 1 aliphatic rings. The molecule has 4 amide bonds. The van der Waals surface area contributed by atoms with Gasteiger partial charge in [-0.15, -0.1) is 0 Å². The first-order valence-electron chi connectivity index (χ1n) is 8.68. The third-order valence-electron chi connectivity index (χ3n) is 4.39. The minimum atomic E-state index is -0.962. The van der Waals surface area contributed by atoms with Crippen molar-refractivity contribution in [2.24, 2.45) is 0 Å². The van der Waals surface area contributed by atoms with Crippen molar-refractivity contribution in [1.29, 1.82) is 0 Å². The summed E-state index contributed by atoms with van der Waals surface area (Å²) >= 11 is 5.85. The first kappa shape index (κ1) is 19.6. The van der Waals surface area contributed by atoms with Crippen LogP contribution in [0.3, 0.4) is 0 Å². The highest BCUT2D eigenvalue weighted by molar-refractivity contribution is 6.31. The lowest BCUT2D eigenvalue weighted by molar-refractivity contribution is -0.124. The molecular formula is C20H18ClN3O4. The summed E-state index contributed by atoms with van der Waals surface area (Å²) in [6, 6.07) is 12.0. The van der Waals surface area contributed by atoms with Crippen LogP contribution < -0.4 is 10.6 Å². The van der Waals surface area contributed by atoms with Gasteiger partial charge < -0.3 is 10.6 Å². The molecule has 0 saturated heterocycles. The molecule has 0 aliphatic carbocycles. The van der Waals surface area contributed by atoms with Crippen LogP contribution >= 0.6 is 11.6 Å². The molecule has 144 valence electrons. The number of imide groups is 1. The molecule has 8 heteroatoms. The van der Waals surface area contributed by atoms with Crippen LogP contribution in [0.15, 0.2) is 48.5 Å². The van der Waals surface area contributed by atoms with E-state index in [1.807, 2.05) is 0 Å². The minimum Gasteiger partial charge on any atom is -0.353 e. The molecule has 0 fully saturated rings. The Morgan fingerprint density at radius 2 is 1.57 bits per heavy atom. The summed E-state index contributed by atoms with van der Waals surface area (Å²) < 4.78 is 0. The number of carbonyl (C=O) groups is 4. The summed E-state index contributed by atoms with van der Waals surface area (Å²) in [6.07, 6.45) is 0. The quantitative estimate of drug-likeness (QED) is 0.572. The predicted octanol–water partition coefficient (Wildman–Crippen LogP) is 1.87. The molecule has 0 aromatic heterocycles. The van der Waals surface area contributed by atoms with Crippen molar-refractivity contribution >= 4 is 35.2 Å². The van der Waals surface area contributed by atoms with Crippen molar-refractivity contribution in [3.63, 3.8) is 0 Å². The van der Waals surface area contributed by atoms with Crippen LogP contribution in [0.2, 0.25) is 5.02 Å². The summed E-state index contributed by atoms with van der Waals surface area (Å²) in [5.41, 5.74) is 1.00. The number of carbonyl (C=O) groups excluding carboxylic acids is 4. The van der Waals surface area contributed by atoms with Gasteiger partial charge in [-0.05, 0) is 37.3 Å². The van der Waals surface area contributed by atoms with Crippen LogP contribution in [0, 0.1) is 0 Å². The third kappa shape index (κ3) is 3.89. The molecule has 28 heavy (non-hydrogen) atoms. The number of rotatable bonds is 6. The maximum Gasteiger partial charge on any atom is 0.262 e. The summed E-state index contributed by atoms with van der Waals surface area (Å²) in [5, 5.41) is 5.74. The first-order valence-corrected chi connectivity index (χ1v) is 9.06. The molecule has 0 saturated carbocycles. The van der Waals surface area contributed by atoms with Gasteiger partial charge in [-0.2, -0.15) is 0 Å². The van der Waals surface area contributed by atoms with Crippen LogP contribution in [0.5, 0.6) is 0 Å². The Morgan fingerprint density at radius 1 is 0.964 bits per heavy atom. The van der Waals surface area contributed by atoms with Crippen LogP contribution in [0.1, 0.15) is 38.0 Å². The Bertz CT molecular complexity index is 925. The lowest BCUT2D eigenvalue weighted by Gasteiger charge is -2.21. The van der Waals surface area contributed by atoms with E-state index in [0.717, 1.165) is 4.90 Å². The summed E-state index contributed by atoms with van der Waals surface area (Å²) in [4.78, 5) is 50.1. The standard InChI is InChI=1S/C20H18ClN3O4/c1-12(24-19(27)15-7-2-3-8-16(15)20(24)28)17(25)22-9-10-23-18(26)13-5-4-6-14(21)11-13/h2-8,11-12H,9-10H2,1H3,(H,22,25)(H,23,26). The van der Waals surface area contributed by atoms with E-state index >= 15 is 0 Å². The van der Waals surface area contributed by atoms with Gasteiger partial charge in [0.05, 0.1) is 11.1 Å². The average molecular weight is 400 g/mol. The second-order valence-electron chi connectivity index (χ2n) is 6.26. The number of amides is 4. The van der Waals surface area contributed by atoms with E-state index in [1.165, 1.54) is 6.92 Å². The topological polar surface area (TPSA) is 95.6 Å². The Labute approximate surface area is 166 Å². The number of nitrogens with zero attached hydrogens (tertiary/aromatic N) is 1. The molecule has 0 radical (unpaired) electrons. The van der Waals surface area contributed by atoms with Gasteiger partial charge in [-0.1, -0.05) is 29.8 Å². The van der Waals surface area contributed by atoms with E-state index in [2.05, 4.69) is 10.6 Å². The number of hydrogen-bond donors (Lipinski definition) is 2. The van der Waals surface area contributed by atoms with Crippen LogP contribution in [0.25, 0.3) is 0 Å². The van der Waals surface area contributed by atoms with Crippen molar-refractivity contribution in [3.05, 3.63) is 70.2 Å². The zero-order valence-corrected chi connectivity index (χ0v) is 15.8. The minimum absolute atomic E-state index is 0.151. The molecule has 7 nitrogen and oxygen atoms in total. The smallest absolute Gasteiger partial charge is 0.262 e. The van der Waals surface area contributed by atoms with Crippen LogP contribution in [0.4, 0.5) is 0 Å². The average Bonchev–Trinajstić information content (AvgIpc) is 2.95. The maximum absolute atomic E-state index is 12.4. The Balaban J connectivity index is 1.51. The van der Waals surface area contributed by atoms with E-state index < -0.39 is 23.8 Å². The molecule has 2 aromatic rings.